The molecule has 5 heteroatoms. The molecule has 1 aliphatic carbocycles. The average Bonchev–Trinajstić information content (AvgIpc) is 2.92. The molecule has 4 nitrogen and oxygen atoms in total. The van der Waals surface area contributed by atoms with Crippen LogP contribution in [0.25, 0.3) is 0 Å². The van der Waals surface area contributed by atoms with Gasteiger partial charge in [-0.05, 0) is 32.1 Å². The van der Waals surface area contributed by atoms with Crippen molar-refractivity contribution in [3.05, 3.63) is 0 Å². The Kier molecular flexibility index (Phi) is 4.55. The molecular weight excluding hydrogens is 216 g/mol. The van der Waals surface area contributed by atoms with Crippen molar-refractivity contribution >= 4 is 9.84 Å². The Labute approximate surface area is 91.6 Å². The lowest BCUT2D eigenvalue weighted by Gasteiger charge is -2.22. The summed E-state index contributed by atoms with van der Waals surface area (Å²) in [5.74, 6) is 0.462. The summed E-state index contributed by atoms with van der Waals surface area (Å²) in [5, 5.41) is 9.82. The number of hydrogen-bond acceptors (Lipinski definition) is 4. The van der Waals surface area contributed by atoms with Gasteiger partial charge in [0.15, 0.2) is 0 Å². The standard InChI is InChI=1S/C10H20O4S/c1-3-14-10(8-4-5-8)9(11)6-7-15(2,12)13/h8-11H,3-7H2,1-2H3. The van der Waals surface area contributed by atoms with Gasteiger partial charge < -0.3 is 9.84 Å². The maximum atomic E-state index is 10.9. The number of hydrogen-bond donors (Lipinski definition) is 1. The van der Waals surface area contributed by atoms with Crippen LogP contribution in [-0.2, 0) is 14.6 Å². The van der Waals surface area contributed by atoms with Gasteiger partial charge in [0.05, 0.1) is 18.0 Å². The predicted molar refractivity (Wildman–Crippen MR) is 58.5 cm³/mol. The van der Waals surface area contributed by atoms with Crippen LogP contribution in [0.4, 0.5) is 0 Å². The molecule has 1 saturated carbocycles. The lowest BCUT2D eigenvalue weighted by molar-refractivity contribution is -0.0452. The number of sulfone groups is 1. The van der Waals surface area contributed by atoms with Crippen molar-refractivity contribution in [2.24, 2.45) is 5.92 Å². The van der Waals surface area contributed by atoms with Gasteiger partial charge in [-0.2, -0.15) is 0 Å². The number of ether oxygens (including phenoxy) is 1. The molecule has 1 aliphatic rings. The van der Waals surface area contributed by atoms with E-state index < -0.39 is 15.9 Å². The van der Waals surface area contributed by atoms with E-state index in [1.165, 1.54) is 6.26 Å². The van der Waals surface area contributed by atoms with Crippen molar-refractivity contribution in [1.29, 1.82) is 0 Å². The molecule has 0 aliphatic heterocycles. The molecule has 0 aromatic rings. The van der Waals surface area contributed by atoms with Gasteiger partial charge in [-0.25, -0.2) is 8.42 Å². The minimum absolute atomic E-state index is 0.0322. The molecule has 1 fully saturated rings. The molecule has 0 bridgehead atoms. The third kappa shape index (κ3) is 4.95. The summed E-state index contributed by atoms with van der Waals surface area (Å²) < 4.78 is 27.3. The minimum atomic E-state index is -2.99. The van der Waals surface area contributed by atoms with Crippen LogP contribution in [-0.4, -0.2) is 44.3 Å². The van der Waals surface area contributed by atoms with Gasteiger partial charge in [-0.1, -0.05) is 0 Å². The molecule has 1 N–H and O–H groups in total. The van der Waals surface area contributed by atoms with Gasteiger partial charge in [0.2, 0.25) is 0 Å². The van der Waals surface area contributed by atoms with E-state index in [1.807, 2.05) is 6.92 Å². The van der Waals surface area contributed by atoms with Crippen LogP contribution in [0.3, 0.4) is 0 Å². The molecule has 0 radical (unpaired) electrons. The molecular formula is C10H20O4S. The van der Waals surface area contributed by atoms with E-state index in [-0.39, 0.29) is 18.3 Å². The van der Waals surface area contributed by atoms with Crippen molar-refractivity contribution < 1.29 is 18.3 Å². The van der Waals surface area contributed by atoms with Crippen LogP contribution in [0.1, 0.15) is 26.2 Å². The first kappa shape index (κ1) is 12.9. The Balaban J connectivity index is 2.38. The molecule has 90 valence electrons. The quantitative estimate of drug-likeness (QED) is 0.703. The van der Waals surface area contributed by atoms with Crippen molar-refractivity contribution in [2.45, 2.75) is 38.4 Å². The highest BCUT2D eigenvalue weighted by Gasteiger charge is 2.36. The minimum Gasteiger partial charge on any atom is -0.390 e. The Bertz CT molecular complexity index is 282. The fraction of sp³-hybridized carbons (Fsp3) is 1.00. The SMILES string of the molecule is CCOC(C(O)CCS(C)(=O)=O)C1CC1. The van der Waals surface area contributed by atoms with Crippen molar-refractivity contribution in [1.82, 2.24) is 0 Å². The molecule has 2 atom stereocenters. The molecule has 0 amide bonds. The van der Waals surface area contributed by atoms with Crippen LogP contribution in [0.2, 0.25) is 0 Å². The lowest BCUT2D eigenvalue weighted by atomic mass is 10.1. The Morgan fingerprint density at radius 3 is 2.47 bits per heavy atom. The Hall–Kier alpha value is -0.130. The highest BCUT2D eigenvalue weighted by atomic mass is 32.2. The first-order valence-electron chi connectivity index (χ1n) is 5.41. The zero-order valence-corrected chi connectivity index (χ0v) is 10.2. The van der Waals surface area contributed by atoms with Gasteiger partial charge >= 0.3 is 0 Å². The molecule has 1 rings (SSSR count). The second-order valence-corrected chi connectivity index (χ2v) is 6.50. The number of rotatable bonds is 7. The second-order valence-electron chi connectivity index (χ2n) is 4.24. The smallest absolute Gasteiger partial charge is 0.147 e. The van der Waals surface area contributed by atoms with E-state index in [4.69, 9.17) is 4.74 Å². The van der Waals surface area contributed by atoms with E-state index >= 15 is 0 Å². The molecule has 0 heterocycles. The normalized spacial score (nSPS) is 21.3. The summed E-state index contributed by atoms with van der Waals surface area (Å²) in [4.78, 5) is 0. The first-order chi connectivity index (χ1) is 6.94. The van der Waals surface area contributed by atoms with E-state index in [1.54, 1.807) is 0 Å². The van der Waals surface area contributed by atoms with Gasteiger partial charge in [0.1, 0.15) is 9.84 Å². The fourth-order valence-corrected chi connectivity index (χ4v) is 2.35. The Morgan fingerprint density at radius 2 is 2.07 bits per heavy atom. The van der Waals surface area contributed by atoms with Crippen LogP contribution < -0.4 is 0 Å². The third-order valence-corrected chi connectivity index (χ3v) is 3.59. The van der Waals surface area contributed by atoms with Gasteiger partial charge in [-0.15, -0.1) is 0 Å². The summed E-state index contributed by atoms with van der Waals surface area (Å²) in [6.07, 6.45) is 2.82. The largest absolute Gasteiger partial charge is 0.390 e. The van der Waals surface area contributed by atoms with Crippen molar-refractivity contribution in [3.8, 4) is 0 Å². The van der Waals surface area contributed by atoms with Crippen LogP contribution in [0, 0.1) is 5.92 Å². The summed E-state index contributed by atoms with van der Waals surface area (Å²) in [5.41, 5.74) is 0. The van der Waals surface area contributed by atoms with Gasteiger partial charge in [-0.3, -0.25) is 0 Å². The third-order valence-electron chi connectivity index (χ3n) is 2.61. The van der Waals surface area contributed by atoms with E-state index in [0.29, 0.717) is 12.5 Å². The van der Waals surface area contributed by atoms with E-state index in [9.17, 15) is 13.5 Å². The molecule has 0 spiro atoms. The maximum absolute atomic E-state index is 10.9. The zero-order valence-electron chi connectivity index (χ0n) is 9.35. The van der Waals surface area contributed by atoms with E-state index in [0.717, 1.165) is 12.8 Å². The molecule has 2 unspecified atom stereocenters. The predicted octanol–water partition coefficient (Wildman–Crippen LogP) is 0.597. The zero-order chi connectivity index (χ0) is 11.5. The summed E-state index contributed by atoms with van der Waals surface area (Å²) in [7, 11) is -2.99. The lowest BCUT2D eigenvalue weighted by Crippen LogP contribution is -2.32. The second kappa shape index (κ2) is 5.27. The van der Waals surface area contributed by atoms with Gasteiger partial charge in [0, 0.05) is 12.9 Å². The van der Waals surface area contributed by atoms with Crippen LogP contribution in [0.15, 0.2) is 0 Å². The fourth-order valence-electron chi connectivity index (χ4n) is 1.68. The molecule has 15 heavy (non-hydrogen) atoms. The maximum Gasteiger partial charge on any atom is 0.147 e. The molecule has 0 aromatic carbocycles. The summed E-state index contributed by atoms with van der Waals surface area (Å²) in [6.45, 7) is 2.45. The average molecular weight is 236 g/mol. The molecule has 0 aromatic heterocycles. The highest BCUT2D eigenvalue weighted by molar-refractivity contribution is 7.90. The van der Waals surface area contributed by atoms with Gasteiger partial charge in [0.25, 0.3) is 0 Å². The topological polar surface area (TPSA) is 63.6 Å². The number of aliphatic hydroxyl groups is 1. The van der Waals surface area contributed by atoms with Crippen molar-refractivity contribution in [2.75, 3.05) is 18.6 Å². The summed E-state index contributed by atoms with van der Waals surface area (Å²) >= 11 is 0. The van der Waals surface area contributed by atoms with Crippen LogP contribution in [0.5, 0.6) is 0 Å². The first-order valence-corrected chi connectivity index (χ1v) is 7.47. The Morgan fingerprint density at radius 1 is 1.47 bits per heavy atom. The monoisotopic (exact) mass is 236 g/mol. The highest BCUT2D eigenvalue weighted by Crippen LogP contribution is 2.36. The number of aliphatic hydroxyl groups excluding tert-OH is 1. The summed E-state index contributed by atoms with van der Waals surface area (Å²) in [6, 6.07) is 0. The van der Waals surface area contributed by atoms with E-state index in [2.05, 4.69) is 0 Å². The van der Waals surface area contributed by atoms with Crippen molar-refractivity contribution in [3.63, 3.8) is 0 Å². The molecule has 0 saturated heterocycles. The van der Waals surface area contributed by atoms with Crippen LogP contribution >= 0.6 is 0 Å².